The van der Waals surface area contributed by atoms with Crippen LogP contribution in [0, 0.1) is 0 Å². The van der Waals surface area contributed by atoms with Gasteiger partial charge in [-0.05, 0) is 24.1 Å². The number of hydrogen-bond acceptors (Lipinski definition) is 4. The lowest BCUT2D eigenvalue weighted by atomic mass is 10.0. The number of benzene rings is 1. The number of fused-ring (bicyclic) bond motifs is 1. The van der Waals surface area contributed by atoms with Crippen molar-refractivity contribution >= 4 is 35.2 Å². The highest BCUT2D eigenvalue weighted by atomic mass is 35.5. The SMILES string of the molecule is NC(=O)c1cc2c(cc1Cl)C(=O)N(C1CCC(=O)NC1=O)C2. The fraction of sp³-hybridized carbons (Fsp3) is 0.286. The van der Waals surface area contributed by atoms with Gasteiger partial charge in [0.2, 0.25) is 17.7 Å². The number of carbonyl (C=O) groups is 4. The van der Waals surface area contributed by atoms with E-state index in [1.54, 1.807) is 0 Å². The smallest absolute Gasteiger partial charge is 0.255 e. The Morgan fingerprint density at radius 3 is 2.68 bits per heavy atom. The van der Waals surface area contributed by atoms with Crippen LogP contribution in [0.3, 0.4) is 0 Å². The summed E-state index contributed by atoms with van der Waals surface area (Å²) in [5.41, 5.74) is 6.31. The largest absolute Gasteiger partial charge is 0.366 e. The van der Waals surface area contributed by atoms with Crippen molar-refractivity contribution in [3.8, 4) is 0 Å². The minimum atomic E-state index is -0.701. The minimum absolute atomic E-state index is 0.102. The maximum Gasteiger partial charge on any atom is 0.255 e. The second kappa shape index (κ2) is 5.10. The van der Waals surface area contributed by atoms with E-state index in [4.69, 9.17) is 17.3 Å². The van der Waals surface area contributed by atoms with E-state index < -0.39 is 17.9 Å². The number of nitrogens with one attached hydrogen (secondary N) is 1. The van der Waals surface area contributed by atoms with E-state index in [1.165, 1.54) is 17.0 Å². The van der Waals surface area contributed by atoms with Crippen LogP contribution in [0.2, 0.25) is 5.02 Å². The first kappa shape index (κ1) is 14.5. The predicted molar refractivity (Wildman–Crippen MR) is 76.0 cm³/mol. The number of imide groups is 1. The molecule has 8 heteroatoms. The van der Waals surface area contributed by atoms with Gasteiger partial charge in [0.1, 0.15) is 6.04 Å². The molecule has 1 aromatic carbocycles. The third-order valence-electron chi connectivity index (χ3n) is 3.88. The van der Waals surface area contributed by atoms with Crippen LogP contribution in [0.5, 0.6) is 0 Å². The molecule has 1 unspecified atom stereocenters. The molecule has 2 aliphatic heterocycles. The second-order valence-corrected chi connectivity index (χ2v) is 5.66. The number of carbonyl (C=O) groups excluding carboxylic acids is 4. The Labute approximate surface area is 130 Å². The Bertz CT molecular complexity index is 731. The zero-order chi connectivity index (χ0) is 16.0. The molecule has 0 radical (unpaired) electrons. The Morgan fingerprint density at radius 2 is 2.05 bits per heavy atom. The summed E-state index contributed by atoms with van der Waals surface area (Å²) < 4.78 is 0. The van der Waals surface area contributed by atoms with Gasteiger partial charge in [0.05, 0.1) is 10.6 Å². The van der Waals surface area contributed by atoms with Gasteiger partial charge in [-0.25, -0.2) is 0 Å². The number of piperidine rings is 1. The molecule has 1 fully saturated rings. The maximum absolute atomic E-state index is 12.4. The van der Waals surface area contributed by atoms with Crippen molar-refractivity contribution in [2.24, 2.45) is 5.73 Å². The summed E-state index contributed by atoms with van der Waals surface area (Å²) >= 11 is 5.95. The lowest BCUT2D eigenvalue weighted by molar-refractivity contribution is -0.136. The summed E-state index contributed by atoms with van der Waals surface area (Å²) in [5.74, 6) is -1.86. The van der Waals surface area contributed by atoms with Crippen molar-refractivity contribution in [3.63, 3.8) is 0 Å². The van der Waals surface area contributed by atoms with Crippen molar-refractivity contribution < 1.29 is 19.2 Å². The van der Waals surface area contributed by atoms with Gasteiger partial charge in [-0.15, -0.1) is 0 Å². The van der Waals surface area contributed by atoms with Crippen LogP contribution in [-0.2, 0) is 16.1 Å². The molecular weight excluding hydrogens is 310 g/mol. The highest BCUT2D eigenvalue weighted by Crippen LogP contribution is 2.31. The lowest BCUT2D eigenvalue weighted by Gasteiger charge is -2.29. The number of rotatable bonds is 2. The van der Waals surface area contributed by atoms with Crippen LogP contribution < -0.4 is 11.1 Å². The van der Waals surface area contributed by atoms with Gasteiger partial charge in [0, 0.05) is 18.5 Å². The Morgan fingerprint density at radius 1 is 1.32 bits per heavy atom. The minimum Gasteiger partial charge on any atom is -0.366 e. The first-order valence-electron chi connectivity index (χ1n) is 6.65. The van der Waals surface area contributed by atoms with E-state index >= 15 is 0 Å². The number of halogens is 1. The fourth-order valence-corrected chi connectivity index (χ4v) is 3.03. The van der Waals surface area contributed by atoms with Crippen LogP contribution in [0.1, 0.15) is 39.1 Å². The summed E-state index contributed by atoms with van der Waals surface area (Å²) in [7, 11) is 0. The Hall–Kier alpha value is -2.41. The second-order valence-electron chi connectivity index (χ2n) is 5.25. The summed E-state index contributed by atoms with van der Waals surface area (Å²) in [6.07, 6.45) is 0.463. The summed E-state index contributed by atoms with van der Waals surface area (Å²) in [6, 6.07) is 2.17. The average molecular weight is 322 g/mol. The van der Waals surface area contributed by atoms with Crippen molar-refractivity contribution in [3.05, 3.63) is 33.8 Å². The molecule has 3 rings (SSSR count). The number of amides is 4. The monoisotopic (exact) mass is 321 g/mol. The van der Waals surface area contributed by atoms with Crippen molar-refractivity contribution in [1.29, 1.82) is 0 Å². The van der Waals surface area contributed by atoms with Gasteiger partial charge >= 0.3 is 0 Å². The molecule has 2 heterocycles. The molecule has 3 N–H and O–H groups in total. The summed E-state index contributed by atoms with van der Waals surface area (Å²) in [4.78, 5) is 48.2. The normalized spacial score (nSPS) is 20.9. The van der Waals surface area contributed by atoms with Gasteiger partial charge in [0.25, 0.3) is 5.91 Å². The van der Waals surface area contributed by atoms with Gasteiger partial charge in [-0.3, -0.25) is 24.5 Å². The zero-order valence-electron chi connectivity index (χ0n) is 11.4. The molecule has 2 aliphatic rings. The van der Waals surface area contributed by atoms with Crippen molar-refractivity contribution in [1.82, 2.24) is 10.2 Å². The highest BCUT2D eigenvalue weighted by molar-refractivity contribution is 6.34. The number of nitrogens with two attached hydrogens (primary N) is 1. The highest BCUT2D eigenvalue weighted by Gasteiger charge is 2.39. The Balaban J connectivity index is 1.93. The summed E-state index contributed by atoms with van der Waals surface area (Å²) in [6.45, 7) is 0.178. The quantitative estimate of drug-likeness (QED) is 0.758. The van der Waals surface area contributed by atoms with E-state index in [0.717, 1.165) is 0 Å². The van der Waals surface area contributed by atoms with E-state index in [2.05, 4.69) is 5.32 Å². The zero-order valence-corrected chi connectivity index (χ0v) is 12.1. The number of primary amides is 1. The molecule has 0 bridgehead atoms. The molecule has 1 saturated heterocycles. The average Bonchev–Trinajstić information content (AvgIpc) is 2.75. The molecule has 7 nitrogen and oxygen atoms in total. The van der Waals surface area contributed by atoms with E-state index in [-0.39, 0.29) is 41.8 Å². The number of hydrogen-bond donors (Lipinski definition) is 2. The van der Waals surface area contributed by atoms with Crippen LogP contribution in [0.15, 0.2) is 12.1 Å². The Kier molecular flexibility index (Phi) is 3.37. The lowest BCUT2D eigenvalue weighted by Crippen LogP contribution is -2.52. The van der Waals surface area contributed by atoms with E-state index in [9.17, 15) is 19.2 Å². The molecule has 0 aromatic heterocycles. The first-order chi connectivity index (χ1) is 10.4. The van der Waals surface area contributed by atoms with Crippen molar-refractivity contribution in [2.75, 3.05) is 0 Å². The topological polar surface area (TPSA) is 110 Å². The third-order valence-corrected chi connectivity index (χ3v) is 4.19. The summed E-state index contributed by atoms with van der Waals surface area (Å²) in [5, 5.41) is 2.32. The maximum atomic E-state index is 12.4. The predicted octanol–water partition coefficient (Wildman–Crippen LogP) is 0.200. The standard InChI is InChI=1S/C14H12ClN3O4/c15-9-4-7-6(3-8(9)12(16)20)5-18(14(7)22)10-1-2-11(19)17-13(10)21/h3-4,10H,1-2,5H2,(H2,16,20)(H,17,19,21). The molecule has 0 aliphatic carbocycles. The van der Waals surface area contributed by atoms with Crippen LogP contribution in [-0.4, -0.2) is 34.6 Å². The van der Waals surface area contributed by atoms with E-state index in [1.807, 2.05) is 0 Å². The molecule has 4 amide bonds. The van der Waals surface area contributed by atoms with Crippen LogP contribution in [0.4, 0.5) is 0 Å². The molecule has 1 aromatic rings. The van der Waals surface area contributed by atoms with Crippen molar-refractivity contribution in [2.45, 2.75) is 25.4 Å². The molecule has 114 valence electrons. The fourth-order valence-electron chi connectivity index (χ4n) is 2.78. The molecule has 22 heavy (non-hydrogen) atoms. The van der Waals surface area contributed by atoms with Gasteiger partial charge in [-0.1, -0.05) is 11.6 Å². The molecule has 0 spiro atoms. The van der Waals surface area contributed by atoms with Gasteiger partial charge in [0.15, 0.2) is 0 Å². The molecule has 1 atom stereocenters. The first-order valence-corrected chi connectivity index (χ1v) is 7.03. The molecular formula is C14H12ClN3O4. The van der Waals surface area contributed by atoms with Crippen LogP contribution in [0.25, 0.3) is 0 Å². The molecule has 0 saturated carbocycles. The number of nitrogens with zero attached hydrogens (tertiary/aromatic N) is 1. The van der Waals surface area contributed by atoms with Gasteiger partial charge < -0.3 is 10.6 Å². The van der Waals surface area contributed by atoms with E-state index in [0.29, 0.717) is 11.1 Å². The van der Waals surface area contributed by atoms with Crippen LogP contribution >= 0.6 is 11.6 Å². The third kappa shape index (κ3) is 2.23. The van der Waals surface area contributed by atoms with Gasteiger partial charge in [-0.2, -0.15) is 0 Å².